The Morgan fingerprint density at radius 3 is 2.66 bits per heavy atom. The van der Waals surface area contributed by atoms with Gasteiger partial charge in [0.1, 0.15) is 23.3 Å². The minimum absolute atomic E-state index is 0.213. The van der Waals surface area contributed by atoms with E-state index in [0.717, 1.165) is 17.8 Å². The molecular weight excluding hydrogens is 453 g/mol. The molecule has 4 heterocycles. The summed E-state index contributed by atoms with van der Waals surface area (Å²) in [4.78, 5) is 28.3. The van der Waals surface area contributed by atoms with Crippen LogP contribution in [0.3, 0.4) is 0 Å². The molecule has 182 valence electrons. The van der Waals surface area contributed by atoms with Crippen LogP contribution in [0.2, 0.25) is 0 Å². The second kappa shape index (κ2) is 9.80. The molecule has 0 radical (unpaired) electrons. The molecule has 0 spiro atoms. The van der Waals surface area contributed by atoms with Crippen LogP contribution in [-0.2, 0) is 16.1 Å². The highest BCUT2D eigenvalue weighted by Crippen LogP contribution is 2.24. The molecule has 0 aliphatic carbocycles. The molecule has 1 aliphatic rings. The highest BCUT2D eigenvalue weighted by atomic mass is 19.1. The molecule has 1 saturated heterocycles. The number of carbonyl (C=O) groups excluding carboxylic acids is 1. The van der Waals surface area contributed by atoms with Crippen molar-refractivity contribution in [3.05, 3.63) is 70.7 Å². The van der Waals surface area contributed by atoms with Crippen LogP contribution in [0.4, 0.5) is 4.39 Å². The number of carbonyl (C=O) groups is 1. The summed E-state index contributed by atoms with van der Waals surface area (Å²) in [5, 5.41) is 12.1. The molecule has 35 heavy (non-hydrogen) atoms. The van der Waals surface area contributed by atoms with E-state index >= 15 is 0 Å². The standard InChI is InChI=1S/C24H26FN7O3/c1-17-22-21(23(30-8-2-3-9-30)32(28-22)19-6-4-5-18(25)15-19)24(34)31(27-17)16-20(33)26-7-10-29-11-13-35-14-12-29/h2-6,8-9,15H,7,10-14,16H2,1H3,(H,26,33). The molecule has 1 aromatic carbocycles. The average Bonchev–Trinajstić information content (AvgIpc) is 3.51. The number of morpholine rings is 1. The second-order valence-electron chi connectivity index (χ2n) is 8.38. The predicted octanol–water partition coefficient (Wildman–Crippen LogP) is 1.27. The molecule has 4 aromatic rings. The lowest BCUT2D eigenvalue weighted by Crippen LogP contribution is -2.42. The summed E-state index contributed by atoms with van der Waals surface area (Å²) in [6.45, 7) is 5.77. The van der Waals surface area contributed by atoms with Crippen LogP contribution >= 0.6 is 0 Å². The number of fused-ring (bicyclic) bond motifs is 1. The predicted molar refractivity (Wildman–Crippen MR) is 127 cm³/mol. The zero-order chi connectivity index (χ0) is 24.4. The quantitative estimate of drug-likeness (QED) is 0.429. The summed E-state index contributed by atoms with van der Waals surface area (Å²) >= 11 is 0. The zero-order valence-electron chi connectivity index (χ0n) is 19.4. The fourth-order valence-electron chi connectivity index (χ4n) is 4.24. The largest absolute Gasteiger partial charge is 0.379 e. The van der Waals surface area contributed by atoms with Gasteiger partial charge in [-0.05, 0) is 37.3 Å². The Hall–Kier alpha value is -3.83. The number of hydrogen-bond acceptors (Lipinski definition) is 6. The lowest BCUT2D eigenvalue weighted by atomic mass is 10.2. The van der Waals surface area contributed by atoms with Crippen LogP contribution in [0.15, 0.2) is 53.6 Å². The molecule has 0 atom stereocenters. The third kappa shape index (κ3) is 4.73. The summed E-state index contributed by atoms with van der Waals surface area (Å²) in [6.07, 6.45) is 3.56. The molecule has 0 bridgehead atoms. The highest BCUT2D eigenvalue weighted by Gasteiger charge is 2.22. The van der Waals surface area contributed by atoms with E-state index in [1.165, 1.54) is 16.8 Å². The van der Waals surface area contributed by atoms with E-state index in [4.69, 9.17) is 4.74 Å². The summed E-state index contributed by atoms with van der Waals surface area (Å²) in [7, 11) is 0. The van der Waals surface area contributed by atoms with Crippen LogP contribution in [0, 0.1) is 12.7 Å². The van der Waals surface area contributed by atoms with Crippen molar-refractivity contribution in [3.8, 4) is 11.5 Å². The fraction of sp³-hybridized carbons (Fsp3) is 0.333. The van der Waals surface area contributed by atoms with E-state index in [2.05, 4.69) is 20.4 Å². The van der Waals surface area contributed by atoms with Crippen molar-refractivity contribution in [1.29, 1.82) is 0 Å². The van der Waals surface area contributed by atoms with Gasteiger partial charge in [-0.3, -0.25) is 14.5 Å². The van der Waals surface area contributed by atoms with Crippen LogP contribution in [0.5, 0.6) is 0 Å². The van der Waals surface area contributed by atoms with Crippen molar-refractivity contribution in [1.82, 2.24) is 34.3 Å². The van der Waals surface area contributed by atoms with Gasteiger partial charge >= 0.3 is 0 Å². The molecule has 0 saturated carbocycles. The third-order valence-electron chi connectivity index (χ3n) is 5.97. The van der Waals surface area contributed by atoms with Gasteiger partial charge in [-0.25, -0.2) is 13.8 Å². The molecule has 3 aromatic heterocycles. The summed E-state index contributed by atoms with van der Waals surface area (Å²) < 4.78 is 23.8. The van der Waals surface area contributed by atoms with Gasteiger partial charge in [0.2, 0.25) is 5.91 Å². The van der Waals surface area contributed by atoms with E-state index in [0.29, 0.717) is 54.4 Å². The van der Waals surface area contributed by atoms with Crippen LogP contribution < -0.4 is 10.9 Å². The normalized spacial score (nSPS) is 14.5. The van der Waals surface area contributed by atoms with Crippen molar-refractivity contribution in [2.45, 2.75) is 13.5 Å². The lowest BCUT2D eigenvalue weighted by Gasteiger charge is -2.26. The maximum absolute atomic E-state index is 14.0. The first-order valence-corrected chi connectivity index (χ1v) is 11.5. The number of nitrogens with one attached hydrogen (secondary N) is 1. The van der Waals surface area contributed by atoms with Crippen LogP contribution in [0.1, 0.15) is 5.69 Å². The Labute approximate surface area is 200 Å². The van der Waals surface area contributed by atoms with E-state index < -0.39 is 11.4 Å². The maximum Gasteiger partial charge on any atom is 0.280 e. The molecule has 11 heteroatoms. The SMILES string of the molecule is Cc1nn(CC(=O)NCCN2CCOCC2)c(=O)c2c(-n3cccc3)n(-c3cccc(F)c3)nc12. The number of aryl methyl sites for hydroxylation is 1. The molecule has 10 nitrogen and oxygen atoms in total. The van der Waals surface area contributed by atoms with E-state index in [1.54, 1.807) is 36.0 Å². The Balaban J connectivity index is 1.48. The van der Waals surface area contributed by atoms with E-state index in [9.17, 15) is 14.0 Å². The second-order valence-corrected chi connectivity index (χ2v) is 8.38. The van der Waals surface area contributed by atoms with Crippen molar-refractivity contribution >= 4 is 16.8 Å². The van der Waals surface area contributed by atoms with Gasteiger partial charge in [0.25, 0.3) is 5.56 Å². The third-order valence-corrected chi connectivity index (χ3v) is 5.97. The maximum atomic E-state index is 14.0. The molecule has 1 fully saturated rings. The summed E-state index contributed by atoms with van der Waals surface area (Å²) in [5.74, 6) is -0.263. The molecular formula is C24H26FN7O3. The van der Waals surface area contributed by atoms with E-state index in [1.807, 2.05) is 12.1 Å². The molecule has 5 rings (SSSR count). The number of nitrogens with zero attached hydrogens (tertiary/aromatic N) is 6. The van der Waals surface area contributed by atoms with Gasteiger partial charge < -0.3 is 14.6 Å². The number of ether oxygens (including phenoxy) is 1. The molecule has 1 amide bonds. The number of amides is 1. The van der Waals surface area contributed by atoms with Gasteiger partial charge in [-0.15, -0.1) is 0 Å². The van der Waals surface area contributed by atoms with E-state index in [-0.39, 0.29) is 12.5 Å². The van der Waals surface area contributed by atoms with Gasteiger partial charge in [0.05, 0.1) is 24.6 Å². The average molecular weight is 480 g/mol. The minimum Gasteiger partial charge on any atom is -0.379 e. The van der Waals surface area contributed by atoms with Gasteiger partial charge in [-0.1, -0.05) is 6.07 Å². The molecule has 0 unspecified atom stereocenters. The van der Waals surface area contributed by atoms with Crippen molar-refractivity contribution in [3.63, 3.8) is 0 Å². The Morgan fingerprint density at radius 2 is 1.91 bits per heavy atom. The smallest absolute Gasteiger partial charge is 0.280 e. The monoisotopic (exact) mass is 479 g/mol. The number of halogens is 1. The first-order chi connectivity index (χ1) is 17.0. The summed E-state index contributed by atoms with van der Waals surface area (Å²) in [6, 6.07) is 9.64. The number of rotatable bonds is 7. The Kier molecular flexibility index (Phi) is 6.43. The van der Waals surface area contributed by atoms with Crippen LogP contribution in [-0.4, -0.2) is 74.3 Å². The van der Waals surface area contributed by atoms with Crippen LogP contribution in [0.25, 0.3) is 22.4 Å². The Bertz CT molecular complexity index is 1400. The minimum atomic E-state index is -0.444. The lowest BCUT2D eigenvalue weighted by molar-refractivity contribution is -0.122. The summed E-state index contributed by atoms with van der Waals surface area (Å²) in [5.41, 5.74) is 0.910. The van der Waals surface area contributed by atoms with Crippen molar-refractivity contribution in [2.75, 3.05) is 39.4 Å². The number of aromatic nitrogens is 5. The van der Waals surface area contributed by atoms with Crippen molar-refractivity contribution < 1.29 is 13.9 Å². The number of hydrogen-bond donors (Lipinski definition) is 1. The first kappa shape index (κ1) is 22.9. The van der Waals surface area contributed by atoms with Crippen molar-refractivity contribution in [2.24, 2.45) is 0 Å². The number of benzene rings is 1. The topological polar surface area (TPSA) is 99.2 Å². The fourth-order valence-corrected chi connectivity index (χ4v) is 4.24. The Morgan fingerprint density at radius 1 is 1.14 bits per heavy atom. The van der Waals surface area contributed by atoms with Gasteiger partial charge in [-0.2, -0.15) is 10.2 Å². The molecule has 1 N–H and O–H groups in total. The zero-order valence-corrected chi connectivity index (χ0v) is 19.4. The highest BCUT2D eigenvalue weighted by molar-refractivity contribution is 5.88. The van der Waals surface area contributed by atoms with Gasteiger partial charge in [0, 0.05) is 38.6 Å². The van der Waals surface area contributed by atoms with Gasteiger partial charge in [0.15, 0.2) is 5.82 Å². The first-order valence-electron chi connectivity index (χ1n) is 11.5. The molecule has 1 aliphatic heterocycles.